The number of carbonyl (C=O) groups is 2. The van der Waals surface area contributed by atoms with Crippen molar-refractivity contribution in [2.75, 3.05) is 14.2 Å². The molecule has 214 valence electrons. The van der Waals surface area contributed by atoms with E-state index in [2.05, 4.69) is 20.1 Å². The Bertz CT molecular complexity index is 1750. The lowest BCUT2D eigenvalue weighted by Crippen LogP contribution is -2.56. The molecule has 2 N–H and O–H groups in total. The molecule has 1 saturated carbocycles. The summed E-state index contributed by atoms with van der Waals surface area (Å²) in [6.07, 6.45) is 4.54. The number of hydrogen-bond donors (Lipinski definition) is 2. The van der Waals surface area contributed by atoms with Crippen molar-refractivity contribution in [1.29, 1.82) is 0 Å². The number of aromatic nitrogens is 3. The van der Waals surface area contributed by atoms with E-state index >= 15 is 0 Å². The lowest BCUT2D eigenvalue weighted by atomic mass is 9.81. The number of carbonyl (C=O) groups excluding carboxylic acids is 2. The van der Waals surface area contributed by atoms with Crippen LogP contribution < -0.4 is 10.0 Å². The summed E-state index contributed by atoms with van der Waals surface area (Å²) >= 11 is 12.7. The summed E-state index contributed by atoms with van der Waals surface area (Å²) in [5.74, 6) is -1.39. The number of nitrogens with one attached hydrogen (secondary N) is 2. The van der Waals surface area contributed by atoms with E-state index in [1.807, 2.05) is 6.07 Å². The number of methoxy groups -OCH3 is 1. The van der Waals surface area contributed by atoms with E-state index < -0.39 is 32.5 Å². The molecule has 0 saturated heterocycles. The number of rotatable bonds is 7. The Morgan fingerprint density at radius 1 is 1.00 bits per heavy atom. The molecule has 2 heterocycles. The molecule has 1 aliphatic rings. The minimum Gasteiger partial charge on any atom is -0.467 e. The van der Waals surface area contributed by atoms with Gasteiger partial charge in [0.05, 0.1) is 12.8 Å². The number of amides is 1. The van der Waals surface area contributed by atoms with Crippen molar-refractivity contribution in [3.8, 4) is 22.4 Å². The standard InChI is InChI=1S/C28H27Cl2N5O5S/c1-31-41(38,39)26-22(25(36)33-28(27(37)40-2)14-6-3-7-15-28)24-32-16-20(19-8-4-5-9-21(19)30)23(35(24)34-26)17-10-12-18(29)13-11-17/h4-5,8-13,16,31H,3,6-7,14-15H2,1-2H3,(H,33,36). The molecule has 2 aromatic carbocycles. The van der Waals surface area contributed by atoms with Crippen molar-refractivity contribution in [2.24, 2.45) is 0 Å². The van der Waals surface area contributed by atoms with Crippen molar-refractivity contribution < 1.29 is 22.7 Å². The molecule has 0 unspecified atom stereocenters. The Morgan fingerprint density at radius 2 is 1.68 bits per heavy atom. The van der Waals surface area contributed by atoms with Gasteiger partial charge in [-0.2, -0.15) is 5.10 Å². The molecule has 0 atom stereocenters. The maximum absolute atomic E-state index is 14.0. The topological polar surface area (TPSA) is 132 Å². The largest absolute Gasteiger partial charge is 0.467 e. The van der Waals surface area contributed by atoms with E-state index in [0.29, 0.717) is 58.1 Å². The van der Waals surface area contributed by atoms with E-state index in [1.165, 1.54) is 24.9 Å². The summed E-state index contributed by atoms with van der Waals surface area (Å²) in [7, 11) is -1.78. The highest BCUT2D eigenvalue weighted by atomic mass is 35.5. The Morgan fingerprint density at radius 3 is 2.32 bits per heavy atom. The van der Waals surface area contributed by atoms with Gasteiger partial charge in [0.2, 0.25) is 5.03 Å². The van der Waals surface area contributed by atoms with Gasteiger partial charge in [-0.15, -0.1) is 0 Å². The van der Waals surface area contributed by atoms with Crippen LogP contribution in [0.4, 0.5) is 0 Å². The van der Waals surface area contributed by atoms with Crippen molar-refractivity contribution in [1.82, 2.24) is 24.6 Å². The van der Waals surface area contributed by atoms with E-state index in [4.69, 9.17) is 27.9 Å². The number of sulfonamides is 1. The van der Waals surface area contributed by atoms with Gasteiger partial charge < -0.3 is 10.1 Å². The Hall–Kier alpha value is -3.51. The molecule has 41 heavy (non-hydrogen) atoms. The molecule has 4 aromatic rings. The van der Waals surface area contributed by atoms with Gasteiger partial charge in [0.15, 0.2) is 5.65 Å². The van der Waals surface area contributed by atoms with Gasteiger partial charge in [-0.1, -0.05) is 72.8 Å². The van der Waals surface area contributed by atoms with Crippen molar-refractivity contribution in [2.45, 2.75) is 42.7 Å². The van der Waals surface area contributed by atoms with Crippen LogP contribution in [0.3, 0.4) is 0 Å². The predicted octanol–water partition coefficient (Wildman–Crippen LogP) is 4.88. The average Bonchev–Trinajstić information content (AvgIpc) is 3.38. The lowest BCUT2D eigenvalue weighted by molar-refractivity contribution is -0.149. The quantitative estimate of drug-likeness (QED) is 0.283. The number of ether oxygens (including phenoxy) is 1. The van der Waals surface area contributed by atoms with Crippen LogP contribution in [-0.4, -0.2) is 54.6 Å². The minimum absolute atomic E-state index is 0.0205. The molecular weight excluding hydrogens is 589 g/mol. The number of fused-ring (bicyclic) bond motifs is 1. The number of nitrogens with zero attached hydrogens (tertiary/aromatic N) is 3. The van der Waals surface area contributed by atoms with Crippen LogP contribution in [-0.2, 0) is 19.6 Å². The third kappa shape index (κ3) is 5.30. The normalized spacial score (nSPS) is 15.0. The van der Waals surface area contributed by atoms with Crippen LogP contribution in [0.5, 0.6) is 0 Å². The van der Waals surface area contributed by atoms with Gasteiger partial charge >= 0.3 is 5.97 Å². The zero-order valence-corrected chi connectivity index (χ0v) is 24.6. The van der Waals surface area contributed by atoms with Crippen LogP contribution in [0, 0.1) is 0 Å². The molecule has 1 amide bonds. The van der Waals surface area contributed by atoms with Crippen LogP contribution >= 0.6 is 23.2 Å². The lowest BCUT2D eigenvalue weighted by Gasteiger charge is -2.35. The zero-order chi connectivity index (χ0) is 29.4. The first-order valence-electron chi connectivity index (χ1n) is 12.9. The second-order valence-corrected chi connectivity index (χ2v) is 12.4. The molecule has 5 rings (SSSR count). The monoisotopic (exact) mass is 615 g/mol. The average molecular weight is 617 g/mol. The Kier molecular flexibility index (Phi) is 8.06. The molecule has 2 aromatic heterocycles. The highest BCUT2D eigenvalue weighted by molar-refractivity contribution is 7.89. The van der Waals surface area contributed by atoms with Crippen LogP contribution in [0.25, 0.3) is 28.0 Å². The molecule has 1 aliphatic carbocycles. The number of halogens is 2. The van der Waals surface area contributed by atoms with Gasteiger partial charge in [-0.3, -0.25) is 4.79 Å². The predicted molar refractivity (Wildman–Crippen MR) is 155 cm³/mol. The maximum Gasteiger partial charge on any atom is 0.331 e. The van der Waals surface area contributed by atoms with Crippen molar-refractivity contribution in [3.05, 3.63) is 70.3 Å². The first kappa shape index (κ1) is 29.0. The molecule has 1 fully saturated rings. The minimum atomic E-state index is -4.26. The van der Waals surface area contributed by atoms with E-state index in [0.717, 1.165) is 6.42 Å². The summed E-state index contributed by atoms with van der Waals surface area (Å²) < 4.78 is 35.1. The van der Waals surface area contributed by atoms with Crippen LogP contribution in [0.1, 0.15) is 42.5 Å². The summed E-state index contributed by atoms with van der Waals surface area (Å²) in [6.45, 7) is 0. The third-order valence-corrected chi connectivity index (χ3v) is 9.19. The fourth-order valence-corrected chi connectivity index (χ4v) is 6.42. The Labute approximate surface area is 247 Å². The molecule has 0 radical (unpaired) electrons. The highest BCUT2D eigenvalue weighted by Crippen LogP contribution is 2.38. The highest BCUT2D eigenvalue weighted by Gasteiger charge is 2.44. The maximum atomic E-state index is 14.0. The smallest absolute Gasteiger partial charge is 0.331 e. The third-order valence-electron chi connectivity index (χ3n) is 7.28. The van der Waals surface area contributed by atoms with E-state index in [-0.39, 0.29) is 11.2 Å². The molecule has 13 heteroatoms. The van der Waals surface area contributed by atoms with E-state index in [1.54, 1.807) is 42.5 Å². The molecule has 0 bridgehead atoms. The summed E-state index contributed by atoms with van der Waals surface area (Å²) in [4.78, 5) is 31.3. The Balaban J connectivity index is 1.80. The fourth-order valence-electron chi connectivity index (χ4n) is 5.22. The first-order chi connectivity index (χ1) is 19.6. The second kappa shape index (κ2) is 11.4. The summed E-state index contributed by atoms with van der Waals surface area (Å²) in [6, 6.07) is 14.0. The van der Waals surface area contributed by atoms with Crippen LogP contribution in [0.2, 0.25) is 10.0 Å². The van der Waals surface area contributed by atoms with Gasteiger partial charge in [-0.05, 0) is 38.1 Å². The van der Waals surface area contributed by atoms with Gasteiger partial charge in [-0.25, -0.2) is 27.4 Å². The van der Waals surface area contributed by atoms with Gasteiger partial charge in [0.1, 0.15) is 11.1 Å². The van der Waals surface area contributed by atoms with E-state index in [9.17, 15) is 18.0 Å². The summed E-state index contributed by atoms with van der Waals surface area (Å²) in [5, 5.41) is 7.62. The van der Waals surface area contributed by atoms with Gasteiger partial charge in [0, 0.05) is 32.9 Å². The first-order valence-corrected chi connectivity index (χ1v) is 15.1. The number of esters is 1. The van der Waals surface area contributed by atoms with Gasteiger partial charge in [0.25, 0.3) is 15.9 Å². The zero-order valence-electron chi connectivity index (χ0n) is 22.3. The number of benzene rings is 2. The molecule has 0 spiro atoms. The molecular formula is C28H27Cl2N5O5S. The van der Waals surface area contributed by atoms with Crippen molar-refractivity contribution in [3.63, 3.8) is 0 Å². The van der Waals surface area contributed by atoms with Crippen molar-refractivity contribution >= 4 is 50.7 Å². The molecule has 10 nitrogen and oxygen atoms in total. The number of hydrogen-bond acceptors (Lipinski definition) is 7. The second-order valence-electron chi connectivity index (χ2n) is 9.72. The fraction of sp³-hybridized carbons (Fsp3) is 0.286. The van der Waals surface area contributed by atoms with Crippen LogP contribution in [0.15, 0.2) is 59.8 Å². The SMILES string of the molecule is CNS(=O)(=O)c1nn2c(-c3ccc(Cl)cc3)c(-c3ccccc3Cl)cnc2c1C(=O)NC1(C(=O)OC)CCCCC1. The summed E-state index contributed by atoms with van der Waals surface area (Å²) in [5.41, 5.74) is 0.619. The molecule has 0 aliphatic heterocycles.